The number of aromatic nitrogens is 1. The zero-order valence-corrected chi connectivity index (χ0v) is 17.6. The van der Waals surface area contributed by atoms with Gasteiger partial charge in [0.25, 0.3) is 5.91 Å². The zero-order chi connectivity index (χ0) is 21.0. The number of fused-ring (bicyclic) bond motifs is 3. The first kappa shape index (κ1) is 19.5. The molecule has 7 heteroatoms. The van der Waals surface area contributed by atoms with E-state index in [1.54, 1.807) is 19.1 Å². The topological polar surface area (TPSA) is 68.4 Å². The first-order valence-electron chi connectivity index (χ1n) is 11.0. The fourth-order valence-electron chi connectivity index (χ4n) is 5.84. The molecule has 2 aliphatic heterocycles. The molecule has 1 aliphatic carbocycles. The van der Waals surface area contributed by atoms with Crippen molar-refractivity contribution in [1.29, 1.82) is 0 Å². The van der Waals surface area contributed by atoms with E-state index in [0.29, 0.717) is 34.7 Å². The second kappa shape index (κ2) is 7.38. The van der Waals surface area contributed by atoms with E-state index in [1.165, 1.54) is 6.07 Å². The number of aromatic amines is 1. The third kappa shape index (κ3) is 3.29. The Morgan fingerprint density at radius 3 is 2.67 bits per heavy atom. The van der Waals surface area contributed by atoms with Crippen LogP contribution in [0.5, 0.6) is 0 Å². The van der Waals surface area contributed by atoms with Crippen molar-refractivity contribution in [2.45, 2.75) is 70.1 Å². The van der Waals surface area contributed by atoms with Gasteiger partial charge >= 0.3 is 0 Å². The number of hydrogen-bond donors (Lipinski definition) is 2. The number of nitrogens with zero attached hydrogens (tertiary/aromatic N) is 2. The van der Waals surface area contributed by atoms with Crippen molar-refractivity contribution < 1.29 is 14.0 Å². The number of aryl methyl sites for hydroxylation is 1. The van der Waals surface area contributed by atoms with Crippen LogP contribution in [0.4, 0.5) is 4.39 Å². The highest BCUT2D eigenvalue weighted by Gasteiger charge is 2.47. The predicted octanol–water partition coefficient (Wildman–Crippen LogP) is 2.96. The van der Waals surface area contributed by atoms with E-state index in [9.17, 15) is 14.0 Å². The van der Waals surface area contributed by atoms with Crippen LogP contribution in [-0.4, -0.2) is 63.9 Å². The van der Waals surface area contributed by atoms with Crippen molar-refractivity contribution in [1.82, 2.24) is 20.1 Å². The van der Waals surface area contributed by atoms with Crippen molar-refractivity contribution in [2.24, 2.45) is 0 Å². The second-order valence-corrected chi connectivity index (χ2v) is 9.24. The molecule has 160 valence electrons. The van der Waals surface area contributed by atoms with Gasteiger partial charge in [-0.1, -0.05) is 6.07 Å². The molecule has 6 nitrogen and oxygen atoms in total. The normalized spacial score (nSPS) is 29.0. The number of amides is 2. The van der Waals surface area contributed by atoms with E-state index in [-0.39, 0.29) is 23.7 Å². The molecule has 0 radical (unpaired) electrons. The predicted molar refractivity (Wildman–Crippen MR) is 113 cm³/mol. The highest BCUT2D eigenvalue weighted by atomic mass is 19.1. The van der Waals surface area contributed by atoms with Crippen LogP contribution in [0.15, 0.2) is 18.2 Å². The number of benzene rings is 1. The van der Waals surface area contributed by atoms with Crippen LogP contribution in [0.25, 0.3) is 10.9 Å². The number of rotatable bonds is 3. The summed E-state index contributed by atoms with van der Waals surface area (Å²) in [7, 11) is 0. The van der Waals surface area contributed by atoms with Crippen molar-refractivity contribution >= 4 is 22.7 Å². The van der Waals surface area contributed by atoms with Gasteiger partial charge in [-0.3, -0.25) is 14.5 Å². The van der Waals surface area contributed by atoms with Gasteiger partial charge in [0.2, 0.25) is 5.91 Å². The molecule has 2 amide bonds. The summed E-state index contributed by atoms with van der Waals surface area (Å²) < 4.78 is 14.1. The fraction of sp³-hybridized carbons (Fsp3) is 0.565. The quantitative estimate of drug-likeness (QED) is 0.815. The highest BCUT2D eigenvalue weighted by molar-refractivity contribution is 5.99. The van der Waals surface area contributed by atoms with E-state index in [2.05, 4.69) is 15.2 Å². The average Bonchev–Trinajstić information content (AvgIpc) is 3.45. The minimum Gasteiger partial charge on any atom is -0.350 e. The van der Waals surface area contributed by atoms with Crippen LogP contribution in [0.1, 0.15) is 55.1 Å². The lowest BCUT2D eigenvalue weighted by atomic mass is 9.89. The van der Waals surface area contributed by atoms with Crippen LogP contribution in [0, 0.1) is 12.7 Å². The maximum atomic E-state index is 14.1. The molecule has 30 heavy (non-hydrogen) atoms. The molecular formula is C23H29FN4O2. The summed E-state index contributed by atoms with van der Waals surface area (Å²) in [5.74, 6) is -0.297. The van der Waals surface area contributed by atoms with E-state index >= 15 is 0 Å². The van der Waals surface area contributed by atoms with Gasteiger partial charge in [0.1, 0.15) is 11.5 Å². The number of H-pyrrole nitrogens is 1. The Morgan fingerprint density at radius 2 is 1.97 bits per heavy atom. The van der Waals surface area contributed by atoms with Gasteiger partial charge in [-0.25, -0.2) is 4.39 Å². The lowest BCUT2D eigenvalue weighted by molar-refractivity contribution is -0.131. The van der Waals surface area contributed by atoms with Gasteiger partial charge in [0.15, 0.2) is 0 Å². The van der Waals surface area contributed by atoms with Crippen LogP contribution in [0.3, 0.4) is 0 Å². The Morgan fingerprint density at radius 1 is 1.13 bits per heavy atom. The largest absolute Gasteiger partial charge is 0.350 e. The van der Waals surface area contributed by atoms with E-state index < -0.39 is 0 Å². The third-order valence-corrected chi connectivity index (χ3v) is 7.33. The molecule has 2 bridgehead atoms. The van der Waals surface area contributed by atoms with Gasteiger partial charge < -0.3 is 15.2 Å². The molecule has 1 saturated carbocycles. The van der Waals surface area contributed by atoms with Gasteiger partial charge in [-0.2, -0.15) is 0 Å². The summed E-state index contributed by atoms with van der Waals surface area (Å²) in [6.07, 6.45) is 5.21. The number of likely N-dealkylation sites (tertiary alicyclic amines) is 2. The van der Waals surface area contributed by atoms with Crippen LogP contribution < -0.4 is 5.32 Å². The molecule has 3 fully saturated rings. The van der Waals surface area contributed by atoms with Crippen molar-refractivity contribution in [3.8, 4) is 0 Å². The molecular weight excluding hydrogens is 383 g/mol. The lowest BCUT2D eigenvalue weighted by Crippen LogP contribution is -2.54. The molecule has 4 atom stereocenters. The summed E-state index contributed by atoms with van der Waals surface area (Å²) >= 11 is 0. The van der Waals surface area contributed by atoms with Gasteiger partial charge in [0.05, 0.1) is 5.52 Å². The third-order valence-electron chi connectivity index (χ3n) is 7.33. The smallest absolute Gasteiger partial charge is 0.267 e. The fourth-order valence-corrected chi connectivity index (χ4v) is 5.84. The summed E-state index contributed by atoms with van der Waals surface area (Å²) in [5.41, 5.74) is 2.02. The SMILES string of the molecule is CC(=O)N1CC2CC1CN2[C@@H]1CCC[C@@H](NC(=O)c2cc3c(F)ccc(C)c3[nH]2)C1. The monoisotopic (exact) mass is 412 g/mol. The molecule has 2 unspecified atom stereocenters. The van der Waals surface area contributed by atoms with Gasteiger partial charge in [-0.05, 0) is 56.7 Å². The first-order chi connectivity index (χ1) is 14.4. The van der Waals surface area contributed by atoms with Crippen LogP contribution in [0.2, 0.25) is 0 Å². The van der Waals surface area contributed by atoms with Crippen molar-refractivity contribution in [2.75, 3.05) is 13.1 Å². The molecule has 0 spiro atoms. The number of carbonyl (C=O) groups excluding carboxylic acids is 2. The number of carbonyl (C=O) groups is 2. The van der Waals surface area contributed by atoms with Crippen molar-refractivity contribution in [3.63, 3.8) is 0 Å². The zero-order valence-electron chi connectivity index (χ0n) is 17.6. The maximum absolute atomic E-state index is 14.1. The molecule has 3 heterocycles. The molecule has 2 N–H and O–H groups in total. The Hall–Kier alpha value is -2.41. The minimum atomic E-state index is -0.313. The van der Waals surface area contributed by atoms with Gasteiger partial charge in [0, 0.05) is 49.6 Å². The van der Waals surface area contributed by atoms with Gasteiger partial charge in [-0.15, -0.1) is 0 Å². The van der Waals surface area contributed by atoms with Crippen molar-refractivity contribution in [3.05, 3.63) is 35.3 Å². The number of hydrogen-bond acceptors (Lipinski definition) is 3. The average molecular weight is 413 g/mol. The summed E-state index contributed by atoms with van der Waals surface area (Å²) in [6, 6.07) is 6.16. The van der Waals surface area contributed by atoms with Crippen LogP contribution >= 0.6 is 0 Å². The molecule has 2 saturated heterocycles. The summed E-state index contributed by atoms with van der Waals surface area (Å²) in [4.78, 5) is 32.3. The Bertz CT molecular complexity index is 963. The molecule has 5 rings (SSSR count). The van der Waals surface area contributed by atoms with E-state index in [4.69, 9.17) is 0 Å². The summed E-state index contributed by atoms with van der Waals surface area (Å²) in [6.45, 7) is 5.36. The van der Waals surface area contributed by atoms with Crippen LogP contribution in [-0.2, 0) is 4.79 Å². The maximum Gasteiger partial charge on any atom is 0.267 e. The first-order valence-corrected chi connectivity index (χ1v) is 11.0. The minimum absolute atomic E-state index is 0.122. The highest BCUT2D eigenvalue weighted by Crippen LogP contribution is 2.36. The standard InChI is InChI=1S/C23H29FN4O2/c1-13-6-7-20(24)19-10-21(26-22(13)19)23(30)25-15-4-3-5-16(8-15)28-12-17-9-18(28)11-27(17)14(2)29/h6-7,10,15-18,26H,3-5,8-9,11-12H2,1-2H3,(H,25,30)/t15-,16-,17?,18?/m1/s1. The Kier molecular flexibility index (Phi) is 4.81. The number of halogens is 1. The van der Waals surface area contributed by atoms with E-state index in [0.717, 1.165) is 50.8 Å². The molecule has 1 aromatic heterocycles. The molecule has 3 aliphatic rings. The summed E-state index contributed by atoms with van der Waals surface area (Å²) in [5, 5.41) is 3.64. The Balaban J connectivity index is 1.24. The van der Waals surface area contributed by atoms with E-state index in [1.807, 2.05) is 11.8 Å². The number of nitrogens with one attached hydrogen (secondary N) is 2. The second-order valence-electron chi connectivity index (χ2n) is 9.24. The Labute approximate surface area is 175 Å². The lowest BCUT2D eigenvalue weighted by Gasteiger charge is -2.42. The molecule has 1 aromatic carbocycles. The number of piperazine rings is 1. The molecule has 2 aromatic rings.